The Hall–Kier alpha value is -1.00. The minimum Gasteiger partial charge on any atom is -0.480 e. The molecule has 52 valence electrons. The van der Waals surface area contributed by atoms with E-state index in [0.29, 0.717) is 6.21 Å². The van der Waals surface area contributed by atoms with E-state index in [0.717, 1.165) is 0 Å². The maximum absolute atomic E-state index is 11.1. The van der Waals surface area contributed by atoms with Gasteiger partial charge in [-0.2, -0.15) is 0 Å². The molecule has 9 heavy (non-hydrogen) atoms. The molecule has 0 aliphatic heterocycles. The van der Waals surface area contributed by atoms with E-state index in [4.69, 9.17) is 5.11 Å². The summed E-state index contributed by atoms with van der Waals surface area (Å²) in [6.45, 7) is -0.593. The summed E-state index contributed by atoms with van der Waals surface area (Å²) in [6, 6.07) is 0. The molecule has 0 spiro atoms. The number of halogens is 2. The molecule has 0 radical (unpaired) electrons. The third-order valence-corrected chi connectivity index (χ3v) is 0.445. The third-order valence-electron chi connectivity index (χ3n) is 0.445. The predicted molar refractivity (Wildman–Crippen MR) is 27.0 cm³/mol. The Balaban J connectivity index is 3.36. The summed E-state index contributed by atoms with van der Waals surface area (Å²) in [5.41, 5.74) is 0. The van der Waals surface area contributed by atoms with Crippen molar-refractivity contribution in [2.75, 3.05) is 6.54 Å². The first-order valence-electron chi connectivity index (χ1n) is 2.13. The quantitative estimate of drug-likeness (QED) is 0.572. The molecule has 0 heterocycles. The van der Waals surface area contributed by atoms with Gasteiger partial charge in [-0.1, -0.05) is 0 Å². The van der Waals surface area contributed by atoms with E-state index in [-0.39, 0.29) is 0 Å². The van der Waals surface area contributed by atoms with Gasteiger partial charge in [-0.15, -0.1) is 0 Å². The van der Waals surface area contributed by atoms with Crippen molar-refractivity contribution < 1.29 is 18.7 Å². The second kappa shape index (κ2) is 3.94. The van der Waals surface area contributed by atoms with Crippen LogP contribution in [0, 0.1) is 0 Å². The van der Waals surface area contributed by atoms with E-state index >= 15 is 0 Å². The van der Waals surface area contributed by atoms with Crippen LogP contribution in [0.5, 0.6) is 0 Å². The number of carboxylic acid groups (broad SMARTS) is 1. The summed E-state index contributed by atoms with van der Waals surface area (Å²) in [7, 11) is 0. The van der Waals surface area contributed by atoms with Gasteiger partial charge in [-0.05, 0) is 0 Å². The molecule has 0 bridgehead atoms. The molecule has 0 saturated heterocycles. The van der Waals surface area contributed by atoms with Crippen LogP contribution in [0.1, 0.15) is 0 Å². The van der Waals surface area contributed by atoms with E-state index in [9.17, 15) is 13.6 Å². The van der Waals surface area contributed by atoms with Gasteiger partial charge in [0.1, 0.15) is 6.54 Å². The molecule has 3 nitrogen and oxygen atoms in total. The lowest BCUT2D eigenvalue weighted by Gasteiger charge is -1.84. The third kappa shape index (κ3) is 7.00. The van der Waals surface area contributed by atoms with Gasteiger partial charge in [0.15, 0.2) is 0 Å². The molecule has 0 amide bonds. The summed E-state index contributed by atoms with van der Waals surface area (Å²) in [5.74, 6) is -1.22. The predicted octanol–water partition coefficient (Wildman–Crippen LogP) is 0.407. The lowest BCUT2D eigenvalue weighted by atomic mass is 10.7. The molecule has 0 rings (SSSR count). The van der Waals surface area contributed by atoms with Gasteiger partial charge >= 0.3 is 5.97 Å². The van der Waals surface area contributed by atoms with Crippen LogP contribution in [0.3, 0.4) is 0 Å². The minimum atomic E-state index is -2.66. The van der Waals surface area contributed by atoms with Gasteiger partial charge in [0.05, 0.1) is 6.21 Å². The average molecular weight is 137 g/mol. The SMILES string of the molecule is O=C(O)C/N=C/C(F)F. The van der Waals surface area contributed by atoms with E-state index in [1.165, 1.54) is 0 Å². The highest BCUT2D eigenvalue weighted by atomic mass is 19.3. The molecule has 0 saturated carbocycles. The molecule has 5 heteroatoms. The summed E-state index contributed by atoms with van der Waals surface area (Å²) in [5, 5.41) is 7.87. The van der Waals surface area contributed by atoms with Gasteiger partial charge < -0.3 is 5.11 Å². The van der Waals surface area contributed by atoms with Crippen molar-refractivity contribution >= 4 is 12.2 Å². The van der Waals surface area contributed by atoms with Crippen molar-refractivity contribution in [1.82, 2.24) is 0 Å². The monoisotopic (exact) mass is 137 g/mol. The standard InChI is InChI=1S/C4H5F2NO2/c5-3(6)1-7-2-4(8)9/h1,3H,2H2,(H,8,9)/b7-1+. The fourth-order valence-corrected chi connectivity index (χ4v) is 0.210. The Bertz CT molecular complexity index is 124. The number of hydrogen-bond donors (Lipinski definition) is 1. The van der Waals surface area contributed by atoms with Crippen molar-refractivity contribution in [3.8, 4) is 0 Å². The molecule has 0 unspecified atom stereocenters. The first kappa shape index (κ1) is 8.00. The Morgan fingerprint density at radius 2 is 2.33 bits per heavy atom. The number of aliphatic carboxylic acids is 1. The Morgan fingerprint density at radius 1 is 1.78 bits per heavy atom. The second-order valence-electron chi connectivity index (χ2n) is 1.22. The number of carboxylic acids is 1. The number of aliphatic imine (C=N–C) groups is 1. The zero-order valence-electron chi connectivity index (χ0n) is 4.42. The van der Waals surface area contributed by atoms with Gasteiger partial charge in [0, 0.05) is 0 Å². The highest BCUT2D eigenvalue weighted by Crippen LogP contribution is 1.84. The summed E-state index contributed by atoms with van der Waals surface area (Å²) in [6.07, 6.45) is -2.36. The Labute approximate surface area is 50.0 Å². The first-order valence-corrected chi connectivity index (χ1v) is 2.13. The molecular weight excluding hydrogens is 132 g/mol. The largest absolute Gasteiger partial charge is 0.480 e. The smallest absolute Gasteiger partial charge is 0.325 e. The molecule has 0 aromatic heterocycles. The normalized spacial score (nSPS) is 11.0. The van der Waals surface area contributed by atoms with Gasteiger partial charge in [0.2, 0.25) is 0 Å². The van der Waals surface area contributed by atoms with Crippen LogP contribution in [0.4, 0.5) is 8.78 Å². The van der Waals surface area contributed by atoms with Crippen molar-refractivity contribution in [3.63, 3.8) is 0 Å². The first-order chi connectivity index (χ1) is 4.13. The van der Waals surface area contributed by atoms with E-state index in [1.807, 2.05) is 0 Å². The van der Waals surface area contributed by atoms with E-state index < -0.39 is 18.9 Å². The van der Waals surface area contributed by atoms with Crippen LogP contribution in [0.2, 0.25) is 0 Å². The van der Waals surface area contributed by atoms with Crippen molar-refractivity contribution in [2.45, 2.75) is 6.43 Å². The highest BCUT2D eigenvalue weighted by Gasteiger charge is 1.95. The minimum absolute atomic E-state index is 0.300. The van der Waals surface area contributed by atoms with Gasteiger partial charge in [0.25, 0.3) is 6.43 Å². The molecular formula is C4H5F2NO2. The van der Waals surface area contributed by atoms with Gasteiger partial charge in [-0.25, -0.2) is 8.78 Å². The fraction of sp³-hybridized carbons (Fsp3) is 0.500. The average Bonchev–Trinajstić information content (AvgIpc) is 1.63. The summed E-state index contributed by atoms with van der Waals surface area (Å²) in [4.78, 5) is 12.5. The number of carbonyl (C=O) groups is 1. The van der Waals surface area contributed by atoms with Crippen LogP contribution in [0.25, 0.3) is 0 Å². The Morgan fingerprint density at radius 3 is 2.67 bits per heavy atom. The lowest BCUT2D eigenvalue weighted by molar-refractivity contribution is -0.135. The van der Waals surface area contributed by atoms with Crippen LogP contribution < -0.4 is 0 Å². The molecule has 0 aliphatic rings. The number of rotatable bonds is 3. The zero-order chi connectivity index (χ0) is 7.28. The fourth-order valence-electron chi connectivity index (χ4n) is 0.210. The maximum Gasteiger partial charge on any atom is 0.325 e. The lowest BCUT2D eigenvalue weighted by Crippen LogP contribution is -2.01. The number of nitrogens with zero attached hydrogens (tertiary/aromatic N) is 1. The van der Waals surface area contributed by atoms with E-state index in [2.05, 4.69) is 4.99 Å². The van der Waals surface area contributed by atoms with E-state index in [1.54, 1.807) is 0 Å². The molecule has 0 fully saturated rings. The summed E-state index contributed by atoms with van der Waals surface area (Å²) < 4.78 is 22.3. The van der Waals surface area contributed by atoms with Crippen LogP contribution in [0.15, 0.2) is 4.99 Å². The van der Waals surface area contributed by atoms with Crippen LogP contribution in [-0.4, -0.2) is 30.3 Å². The van der Waals surface area contributed by atoms with Crippen molar-refractivity contribution in [2.24, 2.45) is 4.99 Å². The van der Waals surface area contributed by atoms with Crippen molar-refractivity contribution in [3.05, 3.63) is 0 Å². The number of alkyl halides is 2. The van der Waals surface area contributed by atoms with Gasteiger partial charge in [-0.3, -0.25) is 9.79 Å². The molecule has 1 N–H and O–H groups in total. The molecule has 0 aromatic rings. The van der Waals surface area contributed by atoms with Crippen LogP contribution in [-0.2, 0) is 4.79 Å². The zero-order valence-corrected chi connectivity index (χ0v) is 4.42. The summed E-state index contributed by atoms with van der Waals surface area (Å²) >= 11 is 0. The number of hydrogen-bond acceptors (Lipinski definition) is 2. The van der Waals surface area contributed by atoms with Crippen LogP contribution >= 0.6 is 0 Å². The Kier molecular flexibility index (Phi) is 3.50. The highest BCUT2D eigenvalue weighted by molar-refractivity contribution is 5.72. The molecule has 0 atom stereocenters. The molecule has 0 aromatic carbocycles. The maximum atomic E-state index is 11.1. The topological polar surface area (TPSA) is 49.7 Å². The second-order valence-corrected chi connectivity index (χ2v) is 1.22. The van der Waals surface area contributed by atoms with Crippen molar-refractivity contribution in [1.29, 1.82) is 0 Å². The molecule has 0 aliphatic carbocycles.